The zero-order valence-corrected chi connectivity index (χ0v) is 13.6. The predicted molar refractivity (Wildman–Crippen MR) is 73.9 cm³/mol. The van der Waals surface area contributed by atoms with Gasteiger partial charge in [0.1, 0.15) is 5.75 Å². The van der Waals surface area contributed by atoms with Crippen molar-refractivity contribution < 1.29 is 40.1 Å². The molecule has 0 fully saturated rings. The van der Waals surface area contributed by atoms with Crippen LogP contribution < -0.4 is 4.52 Å². The standard InChI is InChI=1S/C10H12F3O6PS.ClH/c1-2-18-20(14,15)19-8-3-5-9(6-4-8)21(16,17)7-10(11,12)13;/h3-6H,2,7H2,1H3,(H,14,15);1H. The Kier molecular flexibility index (Phi) is 7.37. The molecule has 0 amide bonds. The minimum absolute atomic E-state index is 0. The van der Waals surface area contributed by atoms with E-state index >= 15 is 0 Å². The smallest absolute Gasteiger partial charge is 0.404 e. The molecule has 22 heavy (non-hydrogen) atoms. The Labute approximate surface area is 131 Å². The predicted octanol–water partition coefficient (Wildman–Crippen LogP) is 2.96. The number of phosphoric acid groups is 1. The summed E-state index contributed by atoms with van der Waals surface area (Å²) in [6, 6.07) is 3.63. The van der Waals surface area contributed by atoms with Crippen molar-refractivity contribution in [2.24, 2.45) is 0 Å². The molecule has 1 rings (SSSR count). The fraction of sp³-hybridized carbons (Fsp3) is 0.400. The van der Waals surface area contributed by atoms with Crippen LogP contribution >= 0.6 is 20.2 Å². The molecular weight excluding hydrogens is 372 g/mol. The Morgan fingerprint density at radius 3 is 2.14 bits per heavy atom. The molecule has 1 N–H and O–H groups in total. The molecule has 0 spiro atoms. The lowest BCUT2D eigenvalue weighted by Crippen LogP contribution is -2.22. The number of hydrogen-bond acceptors (Lipinski definition) is 5. The van der Waals surface area contributed by atoms with E-state index in [1.807, 2.05) is 0 Å². The number of alkyl halides is 3. The molecule has 0 bridgehead atoms. The number of rotatable bonds is 6. The van der Waals surface area contributed by atoms with E-state index in [0.29, 0.717) is 0 Å². The normalized spacial score (nSPS) is 14.8. The summed E-state index contributed by atoms with van der Waals surface area (Å²) in [5, 5.41) is 0. The quantitative estimate of drug-likeness (QED) is 0.758. The van der Waals surface area contributed by atoms with Crippen LogP contribution in [0.3, 0.4) is 0 Å². The van der Waals surface area contributed by atoms with Crippen molar-refractivity contribution in [3.05, 3.63) is 24.3 Å². The maximum absolute atomic E-state index is 12.1. The van der Waals surface area contributed by atoms with E-state index in [4.69, 9.17) is 0 Å². The molecule has 0 heterocycles. The summed E-state index contributed by atoms with van der Waals surface area (Å²) in [4.78, 5) is 8.62. The SMILES string of the molecule is CCOP(=O)(O)Oc1ccc(S(=O)(=O)CC(F)(F)F)cc1.Cl. The van der Waals surface area contributed by atoms with Crippen LogP contribution in [0.15, 0.2) is 29.2 Å². The molecule has 0 aliphatic rings. The molecule has 1 aromatic carbocycles. The first-order valence-electron chi connectivity index (χ1n) is 5.52. The van der Waals surface area contributed by atoms with E-state index in [9.17, 15) is 31.0 Å². The first-order valence-corrected chi connectivity index (χ1v) is 8.66. The van der Waals surface area contributed by atoms with Crippen LogP contribution in [-0.4, -0.2) is 31.8 Å². The van der Waals surface area contributed by atoms with Crippen LogP contribution in [0.5, 0.6) is 5.75 Å². The summed E-state index contributed by atoms with van der Waals surface area (Å²) in [6.07, 6.45) is -4.86. The van der Waals surface area contributed by atoms with Crippen LogP contribution in [0.2, 0.25) is 0 Å². The van der Waals surface area contributed by atoms with Gasteiger partial charge < -0.3 is 4.52 Å². The van der Waals surface area contributed by atoms with E-state index < -0.39 is 34.5 Å². The van der Waals surface area contributed by atoms with Crippen molar-refractivity contribution in [1.82, 2.24) is 0 Å². The van der Waals surface area contributed by atoms with Gasteiger partial charge in [0.2, 0.25) is 0 Å². The minimum atomic E-state index is -4.86. The van der Waals surface area contributed by atoms with Crippen molar-refractivity contribution in [2.45, 2.75) is 18.0 Å². The Morgan fingerprint density at radius 1 is 1.23 bits per heavy atom. The molecule has 0 radical (unpaired) electrons. The average molecular weight is 385 g/mol. The van der Waals surface area contributed by atoms with Crippen LogP contribution in [0, 0.1) is 0 Å². The second kappa shape index (κ2) is 7.65. The molecule has 0 aliphatic heterocycles. The monoisotopic (exact) mass is 384 g/mol. The fourth-order valence-corrected chi connectivity index (χ4v) is 3.24. The molecule has 0 aromatic heterocycles. The molecule has 1 unspecified atom stereocenters. The summed E-state index contributed by atoms with van der Waals surface area (Å²) in [7, 11) is -8.87. The van der Waals surface area contributed by atoms with Gasteiger partial charge >= 0.3 is 14.0 Å². The highest BCUT2D eigenvalue weighted by Gasteiger charge is 2.36. The first-order chi connectivity index (χ1) is 9.45. The Hall–Kier alpha value is -0.800. The van der Waals surface area contributed by atoms with Gasteiger partial charge in [-0.05, 0) is 31.2 Å². The molecule has 128 valence electrons. The van der Waals surface area contributed by atoms with Gasteiger partial charge in [0.15, 0.2) is 15.6 Å². The zero-order valence-electron chi connectivity index (χ0n) is 11.1. The van der Waals surface area contributed by atoms with Crippen molar-refractivity contribution in [3.8, 4) is 5.75 Å². The topological polar surface area (TPSA) is 89.9 Å². The molecule has 1 atom stereocenters. The number of benzene rings is 1. The highest BCUT2D eigenvalue weighted by atomic mass is 35.5. The second-order valence-corrected chi connectivity index (χ2v) is 7.19. The Bertz CT molecular complexity index is 631. The lowest BCUT2D eigenvalue weighted by molar-refractivity contribution is -0.106. The molecule has 12 heteroatoms. The number of halogens is 4. The Morgan fingerprint density at radius 2 is 1.73 bits per heavy atom. The van der Waals surface area contributed by atoms with Crippen LogP contribution in [0.4, 0.5) is 13.2 Å². The van der Waals surface area contributed by atoms with Gasteiger partial charge in [0.25, 0.3) is 0 Å². The Balaban J connectivity index is 0.00000441. The molecule has 6 nitrogen and oxygen atoms in total. The summed E-state index contributed by atoms with van der Waals surface area (Å²) in [5.74, 6) is -2.20. The number of phosphoric ester groups is 1. The minimum Gasteiger partial charge on any atom is -0.404 e. The highest BCUT2D eigenvalue weighted by Crippen LogP contribution is 2.43. The number of sulfone groups is 1. The molecule has 0 aliphatic carbocycles. The third kappa shape index (κ3) is 6.97. The second-order valence-electron chi connectivity index (χ2n) is 3.82. The number of hydrogen-bond donors (Lipinski definition) is 1. The lowest BCUT2D eigenvalue weighted by atomic mass is 10.3. The molecule has 1 aromatic rings. The average Bonchev–Trinajstić information content (AvgIpc) is 2.25. The van der Waals surface area contributed by atoms with Crippen LogP contribution in [0.25, 0.3) is 0 Å². The molecular formula is C10H13ClF3O6PS. The van der Waals surface area contributed by atoms with E-state index in [0.717, 1.165) is 24.3 Å². The van der Waals surface area contributed by atoms with Crippen LogP contribution in [0.1, 0.15) is 6.92 Å². The van der Waals surface area contributed by atoms with Crippen molar-refractivity contribution in [3.63, 3.8) is 0 Å². The van der Waals surface area contributed by atoms with Gasteiger partial charge in [-0.15, -0.1) is 12.4 Å². The van der Waals surface area contributed by atoms with E-state index in [1.165, 1.54) is 6.92 Å². The summed E-state index contributed by atoms with van der Waals surface area (Å²) >= 11 is 0. The third-order valence-corrected chi connectivity index (χ3v) is 4.77. The highest BCUT2D eigenvalue weighted by molar-refractivity contribution is 7.91. The first kappa shape index (κ1) is 21.2. The summed E-state index contributed by atoms with van der Waals surface area (Å²) in [5.41, 5.74) is 0. The molecule has 0 saturated heterocycles. The van der Waals surface area contributed by atoms with E-state index in [-0.39, 0.29) is 24.8 Å². The van der Waals surface area contributed by atoms with Crippen molar-refractivity contribution >= 4 is 30.1 Å². The van der Waals surface area contributed by atoms with Gasteiger partial charge in [-0.3, -0.25) is 9.42 Å². The third-order valence-electron chi connectivity index (χ3n) is 2.05. The van der Waals surface area contributed by atoms with Crippen molar-refractivity contribution in [2.75, 3.05) is 12.4 Å². The van der Waals surface area contributed by atoms with E-state index in [2.05, 4.69) is 9.05 Å². The van der Waals surface area contributed by atoms with Crippen molar-refractivity contribution in [1.29, 1.82) is 0 Å². The van der Waals surface area contributed by atoms with E-state index in [1.54, 1.807) is 0 Å². The van der Waals surface area contributed by atoms with Gasteiger partial charge in [-0.2, -0.15) is 13.2 Å². The maximum Gasteiger partial charge on any atom is 0.527 e. The zero-order chi connectivity index (χ0) is 16.3. The van der Waals surface area contributed by atoms with Gasteiger partial charge in [0.05, 0.1) is 11.5 Å². The lowest BCUT2D eigenvalue weighted by Gasteiger charge is -2.12. The van der Waals surface area contributed by atoms with Gasteiger partial charge in [0, 0.05) is 0 Å². The van der Waals surface area contributed by atoms with Crippen LogP contribution in [-0.2, 0) is 18.9 Å². The largest absolute Gasteiger partial charge is 0.527 e. The van der Waals surface area contributed by atoms with Gasteiger partial charge in [-0.1, -0.05) is 0 Å². The summed E-state index contributed by atoms with van der Waals surface area (Å²) < 4.78 is 79.6. The molecule has 0 saturated carbocycles. The fourth-order valence-electron chi connectivity index (χ4n) is 1.33. The van der Waals surface area contributed by atoms with Gasteiger partial charge in [-0.25, -0.2) is 13.0 Å². The maximum atomic E-state index is 12.1. The summed E-state index contributed by atoms with van der Waals surface area (Å²) in [6.45, 7) is 1.37.